The van der Waals surface area contributed by atoms with Crippen LogP contribution < -0.4 is 10.2 Å². The van der Waals surface area contributed by atoms with E-state index >= 15 is 0 Å². The molecule has 2 aliphatic rings. The molecule has 1 amide bonds. The highest BCUT2D eigenvalue weighted by atomic mass is 32.5. The summed E-state index contributed by atoms with van der Waals surface area (Å²) in [6, 6.07) is 2.82. The van der Waals surface area contributed by atoms with Crippen LogP contribution in [0.15, 0.2) is 47.6 Å². The van der Waals surface area contributed by atoms with Crippen LogP contribution in [0.2, 0.25) is 0 Å². The summed E-state index contributed by atoms with van der Waals surface area (Å²) in [6.45, 7) is 0.292. The second kappa shape index (κ2) is 11.8. The summed E-state index contributed by atoms with van der Waals surface area (Å²) in [7, 11) is -8.80. The van der Waals surface area contributed by atoms with E-state index < -0.39 is 45.0 Å². The molecule has 8 nitrogen and oxygen atoms in total. The van der Waals surface area contributed by atoms with Crippen LogP contribution in [-0.2, 0) is 9.59 Å². The Morgan fingerprint density at radius 1 is 1.22 bits per heavy atom. The first-order chi connectivity index (χ1) is 19.0. The average molecular weight is 608 g/mol. The van der Waals surface area contributed by atoms with Crippen molar-refractivity contribution < 1.29 is 38.5 Å². The van der Waals surface area contributed by atoms with E-state index in [1.807, 2.05) is 6.19 Å². The first-order valence-corrected chi connectivity index (χ1v) is 14.8. The number of aldehydes is 1. The molecule has 2 heterocycles. The summed E-state index contributed by atoms with van der Waals surface area (Å²) in [4.78, 5) is 27.2. The predicted octanol–water partition coefficient (Wildman–Crippen LogP) is 5.61. The molecule has 1 aromatic heterocycles. The fourth-order valence-electron chi connectivity index (χ4n) is 4.87. The van der Waals surface area contributed by atoms with E-state index in [-0.39, 0.29) is 17.8 Å². The Bertz CT molecular complexity index is 1270. The van der Waals surface area contributed by atoms with Crippen LogP contribution in [0.25, 0.3) is 0 Å². The van der Waals surface area contributed by atoms with Gasteiger partial charge in [0.1, 0.15) is 23.0 Å². The highest BCUT2D eigenvalue weighted by Crippen LogP contribution is 3.02. The number of amides is 1. The van der Waals surface area contributed by atoms with Crippen LogP contribution in [0.1, 0.15) is 50.1 Å². The number of hydrogen-bond acceptors (Lipinski definition) is 7. The monoisotopic (exact) mass is 607 g/mol. The number of pyridine rings is 1. The lowest BCUT2D eigenvalue weighted by molar-refractivity contribution is -0.123. The number of aliphatic hydroxyl groups is 1. The molecule has 1 saturated carbocycles. The maximum atomic E-state index is 14.1. The van der Waals surface area contributed by atoms with E-state index in [0.29, 0.717) is 30.9 Å². The van der Waals surface area contributed by atoms with Crippen molar-refractivity contribution in [1.29, 1.82) is 5.26 Å². The number of carbonyl (C=O) groups excluding carboxylic acids is 2. The van der Waals surface area contributed by atoms with Crippen molar-refractivity contribution >= 4 is 28.1 Å². The van der Waals surface area contributed by atoms with Gasteiger partial charge in [0, 0.05) is 43.2 Å². The summed E-state index contributed by atoms with van der Waals surface area (Å²) in [6.07, 6.45) is 9.94. The van der Waals surface area contributed by atoms with Crippen LogP contribution in [-0.4, -0.2) is 59.0 Å². The fourth-order valence-corrected chi connectivity index (χ4v) is 5.63. The molecular formula is C26H31F6N5O3S. The minimum Gasteiger partial charge on any atom is -0.391 e. The first-order valence-electron chi connectivity index (χ1n) is 12.8. The zero-order valence-electron chi connectivity index (χ0n) is 22.1. The summed E-state index contributed by atoms with van der Waals surface area (Å²) in [5, 5.41) is 20.3. The summed E-state index contributed by atoms with van der Waals surface area (Å²) < 4.78 is 79.3. The number of nitriles is 1. The Balaban J connectivity index is 0.000000389. The highest BCUT2D eigenvalue weighted by molar-refractivity contribution is 8.45. The predicted molar refractivity (Wildman–Crippen MR) is 141 cm³/mol. The van der Waals surface area contributed by atoms with Crippen molar-refractivity contribution in [1.82, 2.24) is 15.2 Å². The maximum absolute atomic E-state index is 14.1. The molecule has 1 aliphatic carbocycles. The van der Waals surface area contributed by atoms with Crippen LogP contribution in [0, 0.1) is 17.3 Å². The van der Waals surface area contributed by atoms with E-state index in [4.69, 9.17) is 10.4 Å². The van der Waals surface area contributed by atoms with Crippen molar-refractivity contribution in [2.45, 2.75) is 67.6 Å². The number of rotatable bonds is 7. The average Bonchev–Trinajstić information content (AvgIpc) is 3.28. The van der Waals surface area contributed by atoms with Gasteiger partial charge >= 0.3 is 10.2 Å². The molecule has 15 heteroatoms. The van der Waals surface area contributed by atoms with Crippen molar-refractivity contribution in [2.24, 2.45) is 0 Å². The standard InChI is InChI=1S/C20H23F6N3OS.C6H8N2O2/c1-29(16-9-10-18(17(21)12-16)31(22,23,24,25)26)19(14-6-5-11-27-13-14)20(30)28-15-7-3-2-4-8-15;7-4-8-2-6(10)1-5(8)3-9/h5-6,9-13,15,19H,2-4,7-8H2,1H3,(H,28,30);3,5-6,10H,1-2H2. The summed E-state index contributed by atoms with van der Waals surface area (Å²) >= 11 is 0. The lowest BCUT2D eigenvalue weighted by Gasteiger charge is -2.41. The number of benzene rings is 1. The van der Waals surface area contributed by atoms with Gasteiger partial charge in [-0.05, 0) is 37.1 Å². The normalized spacial score (nSPS) is 21.8. The third kappa shape index (κ3) is 8.49. The Morgan fingerprint density at radius 2 is 1.90 bits per heavy atom. The Labute approximate surface area is 233 Å². The number of nitrogens with one attached hydrogen (secondary N) is 1. The Morgan fingerprint density at radius 3 is 2.41 bits per heavy atom. The lowest BCUT2D eigenvalue weighted by atomic mass is 9.95. The number of halogens is 6. The maximum Gasteiger partial charge on any atom is 0.313 e. The number of anilines is 1. The number of likely N-dealkylation sites (N-methyl/N-ethyl adjacent to an activating group) is 1. The Hall–Kier alpha value is -3.51. The van der Waals surface area contributed by atoms with Gasteiger partial charge in [0.05, 0.1) is 18.7 Å². The van der Waals surface area contributed by atoms with Crippen LogP contribution in [0.4, 0.5) is 29.5 Å². The highest BCUT2D eigenvalue weighted by Gasteiger charge is 2.67. The topological polar surface area (TPSA) is 110 Å². The number of nitrogens with zero attached hydrogens (tertiary/aromatic N) is 4. The number of hydrogen-bond donors (Lipinski definition) is 2. The van der Waals surface area contributed by atoms with Crippen molar-refractivity contribution in [3.8, 4) is 6.19 Å². The quantitative estimate of drug-likeness (QED) is 0.239. The van der Waals surface area contributed by atoms with Gasteiger partial charge in [0.25, 0.3) is 0 Å². The Kier molecular flexibility index (Phi) is 9.19. The molecule has 226 valence electrons. The zero-order chi connectivity index (χ0) is 30.5. The molecule has 0 bridgehead atoms. The SMILES string of the molecule is CN(c1ccc(S(F)(F)(F)(F)F)c(F)c1)C(C(=O)NC1CCCCC1)c1cccnc1.N#CN1CC(O)CC1C=O. The molecule has 41 heavy (non-hydrogen) atoms. The molecule has 1 aliphatic heterocycles. The largest absolute Gasteiger partial charge is 0.391 e. The van der Waals surface area contributed by atoms with Gasteiger partial charge in [-0.1, -0.05) is 44.8 Å². The minimum absolute atomic E-state index is 0.0159. The summed E-state index contributed by atoms with van der Waals surface area (Å²) in [5.74, 6) is -2.53. The van der Waals surface area contributed by atoms with Gasteiger partial charge in [0.15, 0.2) is 6.19 Å². The van der Waals surface area contributed by atoms with Gasteiger partial charge < -0.3 is 20.1 Å². The molecule has 0 radical (unpaired) electrons. The van der Waals surface area contributed by atoms with E-state index in [0.717, 1.165) is 38.2 Å². The number of β-amino-alcohol motifs (C(OH)–C–C–N with tert-alkyl or cyclic N) is 1. The second-order valence-corrected chi connectivity index (χ2v) is 12.5. The van der Waals surface area contributed by atoms with Gasteiger partial charge in [-0.3, -0.25) is 14.7 Å². The number of aliphatic hydroxyl groups excluding tert-OH is 1. The smallest absolute Gasteiger partial charge is 0.313 e. The molecule has 1 saturated heterocycles. The molecular weight excluding hydrogens is 576 g/mol. The lowest BCUT2D eigenvalue weighted by Crippen LogP contribution is -2.44. The van der Waals surface area contributed by atoms with Gasteiger partial charge in [-0.2, -0.15) is 5.26 Å². The molecule has 2 N–H and O–H groups in total. The van der Waals surface area contributed by atoms with Crippen LogP contribution in [0.5, 0.6) is 0 Å². The molecule has 2 fully saturated rings. The van der Waals surface area contributed by atoms with E-state index in [2.05, 4.69) is 10.3 Å². The molecule has 2 aromatic rings. The number of likely N-dealkylation sites (tertiary alicyclic amines) is 1. The molecule has 4 rings (SSSR count). The zero-order valence-corrected chi connectivity index (χ0v) is 22.9. The molecule has 0 spiro atoms. The van der Waals surface area contributed by atoms with Crippen LogP contribution >= 0.6 is 10.2 Å². The second-order valence-electron chi connectivity index (χ2n) is 10.1. The van der Waals surface area contributed by atoms with Crippen LogP contribution in [0.3, 0.4) is 0 Å². The third-order valence-corrected chi connectivity index (χ3v) is 8.09. The molecule has 3 atom stereocenters. The van der Waals surface area contributed by atoms with Gasteiger partial charge in [-0.15, -0.1) is 0 Å². The fraction of sp³-hybridized carbons (Fsp3) is 0.462. The minimum atomic E-state index is -10.2. The number of carbonyl (C=O) groups is 2. The van der Waals surface area contributed by atoms with E-state index in [1.54, 1.807) is 12.1 Å². The van der Waals surface area contributed by atoms with Gasteiger partial charge in [-0.25, -0.2) is 4.39 Å². The summed E-state index contributed by atoms with van der Waals surface area (Å²) in [5.41, 5.74) is 0.270. The molecule has 3 unspecified atom stereocenters. The van der Waals surface area contributed by atoms with Crippen molar-refractivity contribution in [3.05, 3.63) is 54.1 Å². The van der Waals surface area contributed by atoms with E-state index in [9.17, 15) is 33.4 Å². The van der Waals surface area contributed by atoms with Crippen molar-refractivity contribution in [2.75, 3.05) is 18.5 Å². The van der Waals surface area contributed by atoms with E-state index in [1.165, 1.54) is 29.2 Å². The first kappa shape index (κ1) is 32.0. The third-order valence-electron chi connectivity index (χ3n) is 6.93. The van der Waals surface area contributed by atoms with Crippen molar-refractivity contribution in [3.63, 3.8) is 0 Å². The molecule has 1 aromatic carbocycles. The number of aromatic nitrogens is 1. The van der Waals surface area contributed by atoms with Gasteiger partial charge in [0.2, 0.25) is 5.91 Å².